The average Bonchev–Trinajstić information content (AvgIpc) is 3.30. The number of benzene rings is 3. The number of amides is 1. The highest BCUT2D eigenvalue weighted by Crippen LogP contribution is 2.37. The molecule has 0 N–H and O–H groups in total. The molecule has 1 aliphatic rings. The Morgan fingerprint density at radius 1 is 1.00 bits per heavy atom. The minimum atomic E-state index is -4.05. The molecule has 0 radical (unpaired) electrons. The predicted octanol–water partition coefficient (Wildman–Crippen LogP) is 5.75. The van der Waals surface area contributed by atoms with E-state index < -0.39 is 10.1 Å². The molecule has 4 aromatic rings. The number of aromatic nitrogens is 1. The molecule has 184 valence electrons. The smallest absolute Gasteiger partial charge is 0.339 e. The molecule has 7 nitrogen and oxygen atoms in total. The van der Waals surface area contributed by atoms with Crippen LogP contribution in [-0.2, 0) is 16.5 Å². The van der Waals surface area contributed by atoms with Crippen molar-refractivity contribution >= 4 is 44.7 Å². The predicted molar refractivity (Wildman–Crippen MR) is 140 cm³/mol. The molecule has 1 amide bonds. The van der Waals surface area contributed by atoms with Crippen LogP contribution in [0.25, 0.3) is 10.6 Å². The highest BCUT2D eigenvalue weighted by Gasteiger charge is 2.30. The number of nitrogens with zero attached hydrogens (tertiary/aromatic N) is 2. The fraction of sp³-hybridized carbons (Fsp3) is 0.154. The van der Waals surface area contributed by atoms with E-state index in [2.05, 4.69) is 4.98 Å². The van der Waals surface area contributed by atoms with Crippen molar-refractivity contribution in [2.75, 3.05) is 18.6 Å². The highest BCUT2D eigenvalue weighted by atomic mass is 35.5. The van der Waals surface area contributed by atoms with E-state index in [1.807, 2.05) is 19.1 Å². The fourth-order valence-electron chi connectivity index (χ4n) is 3.86. The second-order valence-corrected chi connectivity index (χ2v) is 11.2. The van der Waals surface area contributed by atoms with Crippen LogP contribution < -0.4 is 13.8 Å². The highest BCUT2D eigenvalue weighted by molar-refractivity contribution is 7.87. The van der Waals surface area contributed by atoms with Crippen molar-refractivity contribution in [2.24, 2.45) is 0 Å². The van der Waals surface area contributed by atoms with Crippen LogP contribution in [0.15, 0.2) is 71.6 Å². The lowest BCUT2D eigenvalue weighted by atomic mass is 10.1. The maximum absolute atomic E-state index is 13.3. The Labute approximate surface area is 218 Å². The van der Waals surface area contributed by atoms with Crippen LogP contribution in [0, 0.1) is 6.92 Å². The van der Waals surface area contributed by atoms with Crippen molar-refractivity contribution < 1.29 is 22.1 Å². The molecule has 0 bridgehead atoms. The van der Waals surface area contributed by atoms with Gasteiger partial charge in [-0.15, -0.1) is 11.3 Å². The molecule has 0 atom stereocenters. The number of ether oxygens (including phenoxy) is 1. The van der Waals surface area contributed by atoms with Gasteiger partial charge in [0.2, 0.25) is 0 Å². The standard InChI is InChI=1S/C26H21ClN2O5S2/c1-16-3-10-20(11-4-16)36(31,32)34-22-12-9-19(15-23(22)33-2)29-14-13-21-24(26(29)30)35-25(28-21)17-5-7-18(27)8-6-17/h3-12,15H,13-14H2,1-2H3. The molecule has 0 saturated carbocycles. The Balaban J connectivity index is 1.40. The normalized spacial score (nSPS) is 13.4. The van der Waals surface area contributed by atoms with Gasteiger partial charge in [-0.3, -0.25) is 4.79 Å². The van der Waals surface area contributed by atoms with Gasteiger partial charge < -0.3 is 13.8 Å². The Hall–Kier alpha value is -3.40. The first-order valence-electron chi connectivity index (χ1n) is 11.0. The maximum atomic E-state index is 13.3. The SMILES string of the molecule is COc1cc(N2CCc3nc(-c4ccc(Cl)cc4)sc3C2=O)ccc1OS(=O)(=O)c1ccc(C)cc1. The molecular formula is C26H21ClN2O5S2. The number of hydrogen-bond donors (Lipinski definition) is 0. The third kappa shape index (κ3) is 4.69. The van der Waals surface area contributed by atoms with Gasteiger partial charge >= 0.3 is 10.1 Å². The van der Waals surface area contributed by atoms with E-state index in [1.165, 1.54) is 36.6 Å². The van der Waals surface area contributed by atoms with E-state index in [0.29, 0.717) is 28.6 Å². The molecule has 0 aliphatic carbocycles. The van der Waals surface area contributed by atoms with Crippen molar-refractivity contribution in [3.63, 3.8) is 0 Å². The number of anilines is 1. The number of rotatable bonds is 6. The van der Waals surface area contributed by atoms with Gasteiger partial charge in [-0.1, -0.05) is 41.4 Å². The van der Waals surface area contributed by atoms with E-state index in [4.69, 9.17) is 20.5 Å². The van der Waals surface area contributed by atoms with Gasteiger partial charge in [0.15, 0.2) is 11.5 Å². The average molecular weight is 541 g/mol. The molecule has 2 heterocycles. The summed E-state index contributed by atoms with van der Waals surface area (Å²) in [5.74, 6) is 0.0692. The van der Waals surface area contributed by atoms with E-state index in [1.54, 1.807) is 41.3 Å². The van der Waals surface area contributed by atoms with E-state index in [-0.39, 0.29) is 22.3 Å². The van der Waals surface area contributed by atoms with Crippen LogP contribution in [-0.4, -0.2) is 33.0 Å². The molecule has 10 heteroatoms. The Morgan fingerprint density at radius 2 is 1.72 bits per heavy atom. The van der Waals surface area contributed by atoms with Gasteiger partial charge in [-0.05, 0) is 43.3 Å². The summed E-state index contributed by atoms with van der Waals surface area (Å²) in [7, 11) is -2.63. The molecule has 3 aromatic carbocycles. The van der Waals surface area contributed by atoms with E-state index >= 15 is 0 Å². The summed E-state index contributed by atoms with van der Waals surface area (Å²) in [4.78, 5) is 20.3. The van der Waals surface area contributed by atoms with Gasteiger partial charge in [-0.25, -0.2) is 4.98 Å². The zero-order chi connectivity index (χ0) is 25.4. The number of aryl methyl sites for hydroxylation is 1. The lowest BCUT2D eigenvalue weighted by Crippen LogP contribution is -2.36. The zero-order valence-corrected chi connectivity index (χ0v) is 21.8. The molecule has 0 saturated heterocycles. The first kappa shape index (κ1) is 24.3. The van der Waals surface area contributed by atoms with Gasteiger partial charge in [0.25, 0.3) is 5.91 Å². The number of carbonyl (C=O) groups excluding carboxylic acids is 1. The Bertz CT molecular complexity index is 1550. The summed E-state index contributed by atoms with van der Waals surface area (Å²) < 4.78 is 36.2. The van der Waals surface area contributed by atoms with E-state index in [0.717, 1.165) is 21.8 Å². The van der Waals surface area contributed by atoms with Crippen molar-refractivity contribution in [1.29, 1.82) is 0 Å². The third-order valence-corrected chi connectivity index (χ3v) is 8.40. The van der Waals surface area contributed by atoms with Crippen LogP contribution >= 0.6 is 22.9 Å². The Kier molecular flexibility index (Phi) is 6.46. The van der Waals surface area contributed by atoms with Gasteiger partial charge in [-0.2, -0.15) is 8.42 Å². The number of thiazole rings is 1. The molecule has 5 rings (SSSR count). The molecule has 0 fully saturated rings. The minimum absolute atomic E-state index is 0.0368. The maximum Gasteiger partial charge on any atom is 0.339 e. The molecule has 0 unspecified atom stereocenters. The number of methoxy groups -OCH3 is 1. The Morgan fingerprint density at radius 3 is 2.42 bits per heavy atom. The van der Waals surface area contributed by atoms with Gasteiger partial charge in [0.05, 0.1) is 12.8 Å². The second kappa shape index (κ2) is 9.57. The summed E-state index contributed by atoms with van der Waals surface area (Å²) in [6, 6.07) is 18.5. The van der Waals surface area contributed by atoms with Crippen LogP contribution in [0.4, 0.5) is 5.69 Å². The summed E-state index contributed by atoms with van der Waals surface area (Å²) in [6.45, 7) is 2.30. The summed E-state index contributed by atoms with van der Waals surface area (Å²) in [5.41, 5.74) is 3.17. The van der Waals surface area contributed by atoms with Crippen molar-refractivity contribution in [1.82, 2.24) is 4.98 Å². The van der Waals surface area contributed by atoms with Crippen LogP contribution in [0.2, 0.25) is 5.02 Å². The lowest BCUT2D eigenvalue weighted by molar-refractivity contribution is 0.0984. The first-order chi connectivity index (χ1) is 17.2. The van der Waals surface area contributed by atoms with Crippen molar-refractivity contribution in [2.45, 2.75) is 18.2 Å². The number of halogens is 1. The minimum Gasteiger partial charge on any atom is -0.493 e. The van der Waals surface area contributed by atoms with E-state index in [9.17, 15) is 13.2 Å². The largest absolute Gasteiger partial charge is 0.493 e. The lowest BCUT2D eigenvalue weighted by Gasteiger charge is -2.26. The zero-order valence-electron chi connectivity index (χ0n) is 19.4. The topological polar surface area (TPSA) is 85.8 Å². The molecule has 0 spiro atoms. The summed E-state index contributed by atoms with van der Waals surface area (Å²) in [5, 5.41) is 1.39. The number of carbonyl (C=O) groups is 1. The van der Waals surface area contributed by atoms with Crippen LogP contribution in [0.3, 0.4) is 0 Å². The molecular weight excluding hydrogens is 520 g/mol. The van der Waals surface area contributed by atoms with Gasteiger partial charge in [0.1, 0.15) is 14.8 Å². The fourth-order valence-corrected chi connectivity index (χ4v) is 5.99. The number of hydrogen-bond acceptors (Lipinski definition) is 7. The number of fused-ring (bicyclic) bond motifs is 1. The summed E-state index contributed by atoms with van der Waals surface area (Å²) >= 11 is 7.33. The summed E-state index contributed by atoms with van der Waals surface area (Å²) in [6.07, 6.45) is 0.591. The second-order valence-electron chi connectivity index (χ2n) is 8.19. The quantitative estimate of drug-likeness (QED) is 0.289. The molecule has 36 heavy (non-hydrogen) atoms. The van der Waals surface area contributed by atoms with Crippen LogP contribution in [0.5, 0.6) is 11.5 Å². The van der Waals surface area contributed by atoms with Gasteiger partial charge in [0, 0.05) is 35.3 Å². The molecule has 1 aliphatic heterocycles. The first-order valence-corrected chi connectivity index (χ1v) is 13.6. The van der Waals surface area contributed by atoms with Crippen molar-refractivity contribution in [3.05, 3.63) is 87.9 Å². The van der Waals surface area contributed by atoms with Crippen molar-refractivity contribution in [3.8, 4) is 22.1 Å². The molecule has 1 aromatic heterocycles. The third-order valence-electron chi connectivity index (χ3n) is 5.77. The van der Waals surface area contributed by atoms with Crippen LogP contribution in [0.1, 0.15) is 20.9 Å². The monoisotopic (exact) mass is 540 g/mol.